The average Bonchev–Trinajstić information content (AvgIpc) is 2.63. The van der Waals surface area contributed by atoms with E-state index < -0.39 is 6.04 Å². The van der Waals surface area contributed by atoms with E-state index in [9.17, 15) is 9.59 Å². The van der Waals surface area contributed by atoms with Gasteiger partial charge < -0.3 is 10.2 Å². The van der Waals surface area contributed by atoms with Crippen molar-refractivity contribution in [2.24, 2.45) is 0 Å². The molecule has 0 aromatic heterocycles. The highest BCUT2D eigenvalue weighted by Crippen LogP contribution is 2.24. The SMILES string of the molecule is CCC(C(=O)NC(C)C)N(Cc1ccc(Cl)cc1Cl)C(=O)Cc1ccccc1. The molecule has 0 heterocycles. The molecule has 1 atom stereocenters. The first-order chi connectivity index (χ1) is 13.3. The Morgan fingerprint density at radius 2 is 1.75 bits per heavy atom. The number of halogens is 2. The van der Waals surface area contributed by atoms with Crippen LogP contribution in [-0.2, 0) is 22.6 Å². The van der Waals surface area contributed by atoms with Crippen LogP contribution in [0.5, 0.6) is 0 Å². The molecule has 0 saturated heterocycles. The third-order valence-electron chi connectivity index (χ3n) is 4.37. The van der Waals surface area contributed by atoms with Gasteiger partial charge in [0.05, 0.1) is 6.42 Å². The van der Waals surface area contributed by atoms with E-state index in [1.807, 2.05) is 51.1 Å². The molecule has 1 unspecified atom stereocenters. The van der Waals surface area contributed by atoms with Crippen LogP contribution in [0.4, 0.5) is 0 Å². The molecule has 4 nitrogen and oxygen atoms in total. The van der Waals surface area contributed by atoms with Crippen molar-refractivity contribution in [3.63, 3.8) is 0 Å². The zero-order valence-corrected chi connectivity index (χ0v) is 17.9. The number of benzene rings is 2. The number of hydrogen-bond acceptors (Lipinski definition) is 2. The molecule has 28 heavy (non-hydrogen) atoms. The normalized spacial score (nSPS) is 11.9. The quantitative estimate of drug-likeness (QED) is 0.661. The second-order valence-electron chi connectivity index (χ2n) is 7.01. The minimum absolute atomic E-state index is 0.00764. The lowest BCUT2D eigenvalue weighted by molar-refractivity contribution is -0.141. The zero-order chi connectivity index (χ0) is 20.7. The molecular weight excluding hydrogens is 395 g/mol. The summed E-state index contributed by atoms with van der Waals surface area (Å²) in [6, 6.07) is 14.1. The van der Waals surface area contributed by atoms with E-state index in [2.05, 4.69) is 5.32 Å². The molecule has 2 aromatic carbocycles. The Balaban J connectivity index is 2.32. The summed E-state index contributed by atoms with van der Waals surface area (Å²) in [5.74, 6) is -0.285. The molecule has 0 aliphatic carbocycles. The largest absolute Gasteiger partial charge is 0.352 e. The summed E-state index contributed by atoms with van der Waals surface area (Å²) in [4.78, 5) is 27.5. The molecule has 2 aromatic rings. The van der Waals surface area contributed by atoms with E-state index in [0.29, 0.717) is 16.5 Å². The molecule has 0 aliphatic heterocycles. The smallest absolute Gasteiger partial charge is 0.243 e. The fourth-order valence-corrected chi connectivity index (χ4v) is 3.47. The molecule has 0 spiro atoms. The predicted molar refractivity (Wildman–Crippen MR) is 115 cm³/mol. The topological polar surface area (TPSA) is 49.4 Å². The summed E-state index contributed by atoms with van der Waals surface area (Å²) in [6.45, 7) is 5.94. The lowest BCUT2D eigenvalue weighted by atomic mass is 10.1. The minimum Gasteiger partial charge on any atom is -0.352 e. The fraction of sp³-hybridized carbons (Fsp3) is 0.364. The zero-order valence-electron chi connectivity index (χ0n) is 16.4. The fourth-order valence-electron chi connectivity index (χ4n) is 3.01. The Bertz CT molecular complexity index is 809. The van der Waals surface area contributed by atoms with E-state index >= 15 is 0 Å². The second-order valence-corrected chi connectivity index (χ2v) is 7.85. The van der Waals surface area contributed by atoms with Gasteiger partial charge in [-0.1, -0.05) is 66.5 Å². The van der Waals surface area contributed by atoms with Gasteiger partial charge >= 0.3 is 0 Å². The maximum atomic E-state index is 13.2. The van der Waals surface area contributed by atoms with Gasteiger partial charge in [-0.3, -0.25) is 9.59 Å². The average molecular weight is 421 g/mol. The van der Waals surface area contributed by atoms with E-state index in [-0.39, 0.29) is 30.8 Å². The van der Waals surface area contributed by atoms with Crippen molar-refractivity contribution in [3.8, 4) is 0 Å². The van der Waals surface area contributed by atoms with Crippen molar-refractivity contribution in [2.45, 2.75) is 52.2 Å². The highest BCUT2D eigenvalue weighted by atomic mass is 35.5. The van der Waals surface area contributed by atoms with Gasteiger partial charge in [-0.15, -0.1) is 0 Å². The Kier molecular flexibility index (Phi) is 8.34. The Morgan fingerprint density at radius 3 is 2.32 bits per heavy atom. The Hall–Kier alpha value is -2.04. The van der Waals surface area contributed by atoms with E-state index in [1.54, 1.807) is 23.1 Å². The van der Waals surface area contributed by atoms with E-state index in [1.165, 1.54) is 0 Å². The molecule has 0 saturated carbocycles. The van der Waals surface area contributed by atoms with Crippen LogP contribution in [0.25, 0.3) is 0 Å². The maximum absolute atomic E-state index is 13.2. The highest BCUT2D eigenvalue weighted by Gasteiger charge is 2.29. The van der Waals surface area contributed by atoms with Crippen LogP contribution in [0.1, 0.15) is 38.3 Å². The molecular formula is C22H26Cl2N2O2. The summed E-state index contributed by atoms with van der Waals surface area (Å²) in [5, 5.41) is 3.92. The van der Waals surface area contributed by atoms with Crippen molar-refractivity contribution in [2.75, 3.05) is 0 Å². The lowest BCUT2D eigenvalue weighted by Crippen LogP contribution is -2.50. The lowest BCUT2D eigenvalue weighted by Gasteiger charge is -2.31. The molecule has 6 heteroatoms. The van der Waals surface area contributed by atoms with Crippen LogP contribution < -0.4 is 5.32 Å². The molecule has 0 fully saturated rings. The number of carbonyl (C=O) groups excluding carboxylic acids is 2. The summed E-state index contributed by atoms with van der Waals surface area (Å²) in [7, 11) is 0. The van der Waals surface area contributed by atoms with Crippen molar-refractivity contribution in [1.29, 1.82) is 0 Å². The van der Waals surface area contributed by atoms with Gasteiger partial charge in [-0.25, -0.2) is 0 Å². The third-order valence-corrected chi connectivity index (χ3v) is 4.96. The van der Waals surface area contributed by atoms with Crippen molar-refractivity contribution < 1.29 is 9.59 Å². The molecule has 0 radical (unpaired) electrons. The maximum Gasteiger partial charge on any atom is 0.243 e. The van der Waals surface area contributed by atoms with Crippen molar-refractivity contribution in [3.05, 3.63) is 69.7 Å². The van der Waals surface area contributed by atoms with Crippen LogP contribution in [0.2, 0.25) is 10.0 Å². The number of amides is 2. The Labute approximate surface area is 176 Å². The monoisotopic (exact) mass is 420 g/mol. The van der Waals surface area contributed by atoms with Gasteiger partial charge in [-0.2, -0.15) is 0 Å². The standard InChI is InChI=1S/C22H26Cl2N2O2/c1-4-20(22(28)25-15(2)3)26(14-17-10-11-18(23)13-19(17)24)21(27)12-16-8-6-5-7-9-16/h5-11,13,15,20H,4,12,14H2,1-3H3,(H,25,28). The van der Waals surface area contributed by atoms with Crippen LogP contribution in [0.15, 0.2) is 48.5 Å². The van der Waals surface area contributed by atoms with Gasteiger partial charge in [0.15, 0.2) is 0 Å². The van der Waals surface area contributed by atoms with Crippen LogP contribution in [-0.4, -0.2) is 28.8 Å². The summed E-state index contributed by atoms with van der Waals surface area (Å²) in [5.41, 5.74) is 1.65. The molecule has 1 N–H and O–H groups in total. The molecule has 2 amide bonds. The van der Waals surface area contributed by atoms with Crippen LogP contribution in [0.3, 0.4) is 0 Å². The number of nitrogens with one attached hydrogen (secondary N) is 1. The highest BCUT2D eigenvalue weighted by molar-refractivity contribution is 6.35. The third kappa shape index (κ3) is 6.25. The number of rotatable bonds is 8. The van der Waals surface area contributed by atoms with E-state index in [0.717, 1.165) is 11.1 Å². The van der Waals surface area contributed by atoms with Gasteiger partial charge in [0.1, 0.15) is 6.04 Å². The summed E-state index contributed by atoms with van der Waals surface area (Å²) >= 11 is 12.3. The predicted octanol–water partition coefficient (Wildman–Crippen LogP) is 4.87. The first-order valence-electron chi connectivity index (χ1n) is 9.39. The van der Waals surface area contributed by atoms with Gasteiger partial charge in [0.25, 0.3) is 0 Å². The number of carbonyl (C=O) groups is 2. The molecule has 150 valence electrons. The van der Waals surface area contributed by atoms with Gasteiger partial charge in [0, 0.05) is 22.6 Å². The molecule has 2 rings (SSSR count). The van der Waals surface area contributed by atoms with Crippen LogP contribution >= 0.6 is 23.2 Å². The summed E-state index contributed by atoms with van der Waals surface area (Å²) in [6.07, 6.45) is 0.724. The molecule has 0 bridgehead atoms. The Morgan fingerprint density at radius 1 is 1.07 bits per heavy atom. The van der Waals surface area contributed by atoms with E-state index in [4.69, 9.17) is 23.2 Å². The van der Waals surface area contributed by atoms with Crippen molar-refractivity contribution in [1.82, 2.24) is 10.2 Å². The summed E-state index contributed by atoms with van der Waals surface area (Å²) < 4.78 is 0. The molecule has 0 aliphatic rings. The second kappa shape index (κ2) is 10.5. The van der Waals surface area contributed by atoms with Crippen LogP contribution in [0, 0.1) is 0 Å². The first-order valence-corrected chi connectivity index (χ1v) is 10.1. The van der Waals surface area contributed by atoms with Gasteiger partial charge in [-0.05, 0) is 43.5 Å². The minimum atomic E-state index is -0.578. The number of nitrogens with zero attached hydrogens (tertiary/aromatic N) is 1. The van der Waals surface area contributed by atoms with Gasteiger partial charge in [0.2, 0.25) is 11.8 Å². The number of hydrogen-bond donors (Lipinski definition) is 1. The van der Waals surface area contributed by atoms with Crippen molar-refractivity contribution >= 4 is 35.0 Å². The first kappa shape index (κ1) is 22.3.